The second-order valence-electron chi connectivity index (χ2n) is 7.21. The summed E-state index contributed by atoms with van der Waals surface area (Å²) in [4.78, 5) is 37.9. The molecule has 4 atom stereocenters. The minimum atomic E-state index is -2.04. The van der Waals surface area contributed by atoms with Gasteiger partial charge >= 0.3 is 5.69 Å². The van der Waals surface area contributed by atoms with Crippen LogP contribution >= 0.6 is 0 Å². The molecule has 1 aromatic heterocycles. The lowest BCUT2D eigenvalue weighted by atomic mass is 9.92. The number of H-pyrrole nitrogens is 1. The molecule has 3 N–H and O–H groups in total. The Morgan fingerprint density at radius 1 is 1.29 bits per heavy atom. The van der Waals surface area contributed by atoms with Crippen LogP contribution in [0.1, 0.15) is 11.1 Å². The van der Waals surface area contributed by atoms with Crippen LogP contribution in [0.5, 0.6) is 11.5 Å². The number of aromatic amines is 1. The molecule has 1 fully saturated rings. The van der Waals surface area contributed by atoms with Gasteiger partial charge in [-0.05, 0) is 24.6 Å². The minimum absolute atomic E-state index is 0.110. The number of benzene rings is 1. The van der Waals surface area contributed by atoms with Crippen LogP contribution in [0.25, 0.3) is 0 Å². The molecular formula is C19H23N3O9. The van der Waals surface area contributed by atoms with Gasteiger partial charge in [-0.15, -0.1) is 0 Å². The van der Waals surface area contributed by atoms with Crippen LogP contribution in [-0.2, 0) is 16.9 Å². The molecular weight excluding hydrogens is 414 g/mol. The first-order valence-electron chi connectivity index (χ1n) is 9.32. The third-order valence-corrected chi connectivity index (χ3v) is 5.36. The van der Waals surface area contributed by atoms with E-state index in [9.17, 15) is 29.9 Å². The summed E-state index contributed by atoms with van der Waals surface area (Å²) in [6.07, 6.45) is -2.14. The summed E-state index contributed by atoms with van der Waals surface area (Å²) in [5, 5.41) is 32.1. The zero-order valence-corrected chi connectivity index (χ0v) is 17.1. The van der Waals surface area contributed by atoms with Gasteiger partial charge in [-0.25, -0.2) is 4.79 Å². The van der Waals surface area contributed by atoms with Gasteiger partial charge in [0.2, 0.25) is 5.72 Å². The van der Waals surface area contributed by atoms with Crippen molar-refractivity contribution in [3.05, 3.63) is 66.5 Å². The molecule has 0 saturated carbocycles. The monoisotopic (exact) mass is 437 g/mol. The van der Waals surface area contributed by atoms with Crippen molar-refractivity contribution < 1.29 is 29.3 Å². The summed E-state index contributed by atoms with van der Waals surface area (Å²) in [6.45, 7) is 0.714. The maximum Gasteiger partial charge on any atom is 0.330 e. The zero-order chi connectivity index (χ0) is 22.9. The summed E-state index contributed by atoms with van der Waals surface area (Å²) in [7, 11) is 2.87. The Morgan fingerprint density at radius 2 is 1.97 bits per heavy atom. The summed E-state index contributed by atoms with van der Waals surface area (Å²) < 4.78 is 17.2. The smallest absolute Gasteiger partial charge is 0.330 e. The van der Waals surface area contributed by atoms with Gasteiger partial charge in [0, 0.05) is 23.1 Å². The van der Waals surface area contributed by atoms with E-state index in [1.54, 1.807) is 18.2 Å². The number of aliphatic hydroxyl groups is 2. The first-order chi connectivity index (χ1) is 14.7. The summed E-state index contributed by atoms with van der Waals surface area (Å²) in [5.74, 6) is 0.763. The quantitative estimate of drug-likeness (QED) is 0.369. The van der Waals surface area contributed by atoms with Crippen molar-refractivity contribution in [2.24, 2.45) is 0 Å². The Hall–Kier alpha value is -3.22. The highest BCUT2D eigenvalue weighted by Gasteiger charge is 2.63. The van der Waals surface area contributed by atoms with Gasteiger partial charge in [0.1, 0.15) is 6.10 Å². The van der Waals surface area contributed by atoms with Crippen molar-refractivity contribution >= 4 is 0 Å². The van der Waals surface area contributed by atoms with Crippen LogP contribution in [0.15, 0.2) is 34.0 Å². The van der Waals surface area contributed by atoms with Gasteiger partial charge in [-0.2, -0.15) is 0 Å². The summed E-state index contributed by atoms with van der Waals surface area (Å²) in [5.41, 5.74) is -3.07. The molecule has 0 radical (unpaired) electrons. The van der Waals surface area contributed by atoms with E-state index in [1.165, 1.54) is 21.1 Å². The third kappa shape index (κ3) is 3.80. The van der Waals surface area contributed by atoms with E-state index in [0.717, 1.165) is 10.8 Å². The second-order valence-corrected chi connectivity index (χ2v) is 7.21. The Balaban J connectivity index is 2.25. The van der Waals surface area contributed by atoms with E-state index in [1.807, 2.05) is 0 Å². The number of rotatable bonds is 7. The van der Waals surface area contributed by atoms with Crippen LogP contribution < -0.4 is 20.7 Å². The van der Waals surface area contributed by atoms with Crippen LogP contribution in [-0.4, -0.2) is 63.8 Å². The molecule has 1 aliphatic rings. The Kier molecular flexibility index (Phi) is 6.15. The van der Waals surface area contributed by atoms with Crippen LogP contribution in [0.4, 0.5) is 0 Å². The SMILES string of the molecule is COc1ccc(C[C@@]2(n3cc(C)c(=O)[nH]c3=O)O[C@H](CO)[C@@H](O)C2[N+](=O)[O-])cc1OC. The summed E-state index contributed by atoms with van der Waals surface area (Å²) in [6, 6.07) is 2.93. The second kappa shape index (κ2) is 8.49. The van der Waals surface area contributed by atoms with Gasteiger partial charge < -0.3 is 24.4 Å². The molecule has 12 heteroatoms. The number of hydrogen-bond acceptors (Lipinski definition) is 9. The number of nitro groups is 1. The molecule has 168 valence electrons. The zero-order valence-electron chi connectivity index (χ0n) is 17.1. The number of nitrogens with zero attached hydrogens (tertiary/aromatic N) is 2. The fraction of sp³-hybridized carbons (Fsp3) is 0.474. The average Bonchev–Trinajstić information content (AvgIpc) is 3.02. The minimum Gasteiger partial charge on any atom is -0.493 e. The third-order valence-electron chi connectivity index (χ3n) is 5.36. The highest BCUT2D eigenvalue weighted by Crippen LogP contribution is 2.40. The number of aryl methyl sites for hydroxylation is 1. The predicted molar refractivity (Wildman–Crippen MR) is 106 cm³/mol. The molecule has 0 spiro atoms. The van der Waals surface area contributed by atoms with Crippen LogP contribution in [0.3, 0.4) is 0 Å². The maximum atomic E-state index is 12.7. The number of ether oxygens (including phenoxy) is 3. The Morgan fingerprint density at radius 3 is 2.55 bits per heavy atom. The van der Waals surface area contributed by atoms with Crippen molar-refractivity contribution in [1.82, 2.24) is 9.55 Å². The molecule has 1 saturated heterocycles. The maximum absolute atomic E-state index is 12.7. The van der Waals surface area contributed by atoms with Crippen LogP contribution in [0, 0.1) is 17.0 Å². The number of aliphatic hydroxyl groups excluding tert-OH is 2. The lowest BCUT2D eigenvalue weighted by Gasteiger charge is -2.32. The van der Waals surface area contributed by atoms with Crippen molar-refractivity contribution in [2.45, 2.75) is 37.3 Å². The van der Waals surface area contributed by atoms with Crippen molar-refractivity contribution in [3.8, 4) is 11.5 Å². The Labute approximate surface area is 175 Å². The van der Waals surface area contributed by atoms with Gasteiger partial charge in [0.15, 0.2) is 17.6 Å². The standard InChI is InChI=1S/C19H23N3O9/c1-10-8-21(18(26)20-17(10)25)19(16(22(27)28)15(24)14(9-23)31-19)7-11-4-5-12(29-2)13(6-11)30-3/h4-6,8,14-16,23-24H,7,9H2,1-3H3,(H,20,25,26)/t14-,15-,16?,19-/m1/s1. The molecule has 0 aliphatic carbocycles. The lowest BCUT2D eigenvalue weighted by molar-refractivity contribution is -0.553. The van der Waals surface area contributed by atoms with Gasteiger partial charge in [-0.1, -0.05) is 6.07 Å². The van der Waals surface area contributed by atoms with E-state index in [0.29, 0.717) is 17.1 Å². The van der Waals surface area contributed by atoms with E-state index < -0.39 is 46.8 Å². The molecule has 0 bridgehead atoms. The van der Waals surface area contributed by atoms with E-state index in [-0.39, 0.29) is 12.0 Å². The van der Waals surface area contributed by atoms with Crippen molar-refractivity contribution in [2.75, 3.05) is 20.8 Å². The number of nitrogens with one attached hydrogen (secondary N) is 1. The van der Waals surface area contributed by atoms with Gasteiger partial charge in [-0.3, -0.25) is 24.5 Å². The average molecular weight is 437 g/mol. The van der Waals surface area contributed by atoms with E-state index in [4.69, 9.17) is 14.2 Å². The number of methoxy groups -OCH3 is 2. The topological polar surface area (TPSA) is 166 Å². The first-order valence-corrected chi connectivity index (χ1v) is 9.32. The van der Waals surface area contributed by atoms with Crippen molar-refractivity contribution in [1.29, 1.82) is 0 Å². The first kappa shape index (κ1) is 22.5. The Bertz CT molecular complexity index is 1100. The van der Waals surface area contributed by atoms with Gasteiger partial charge in [0.25, 0.3) is 11.6 Å². The highest BCUT2D eigenvalue weighted by atomic mass is 16.6. The predicted octanol–water partition coefficient (Wildman–Crippen LogP) is -0.845. The van der Waals surface area contributed by atoms with Crippen molar-refractivity contribution in [3.63, 3.8) is 0 Å². The van der Waals surface area contributed by atoms with Crippen LogP contribution in [0.2, 0.25) is 0 Å². The molecule has 12 nitrogen and oxygen atoms in total. The molecule has 1 unspecified atom stereocenters. The van der Waals surface area contributed by atoms with E-state index in [2.05, 4.69) is 4.98 Å². The van der Waals surface area contributed by atoms with Gasteiger partial charge in [0.05, 0.1) is 20.8 Å². The largest absolute Gasteiger partial charge is 0.493 e. The molecule has 2 heterocycles. The molecule has 0 amide bonds. The molecule has 31 heavy (non-hydrogen) atoms. The fourth-order valence-corrected chi connectivity index (χ4v) is 3.87. The van der Waals surface area contributed by atoms with E-state index >= 15 is 0 Å². The fourth-order valence-electron chi connectivity index (χ4n) is 3.87. The normalized spacial score (nSPS) is 25.4. The summed E-state index contributed by atoms with van der Waals surface area (Å²) >= 11 is 0. The molecule has 2 aromatic rings. The highest BCUT2D eigenvalue weighted by molar-refractivity contribution is 5.43. The number of hydrogen-bond donors (Lipinski definition) is 3. The molecule has 1 aromatic carbocycles. The molecule has 3 rings (SSSR count). The molecule has 1 aliphatic heterocycles. The number of aromatic nitrogens is 2. The lowest BCUT2D eigenvalue weighted by Crippen LogP contribution is -2.56.